The number of rotatable bonds is 4. The van der Waals surface area contributed by atoms with Gasteiger partial charge < -0.3 is 5.32 Å². The van der Waals surface area contributed by atoms with Crippen molar-refractivity contribution in [3.8, 4) is 0 Å². The highest BCUT2D eigenvalue weighted by atomic mass is 19.4. The number of hydrogen-bond acceptors (Lipinski definition) is 3. The monoisotopic (exact) mass is 293 g/mol. The number of halogens is 3. The summed E-state index contributed by atoms with van der Waals surface area (Å²) in [6.45, 7) is 5.21. The third kappa shape index (κ3) is 5.60. The van der Waals surface area contributed by atoms with Gasteiger partial charge in [-0.2, -0.15) is 13.2 Å². The molecule has 0 saturated carbocycles. The Labute approximate surface area is 113 Å². The van der Waals surface area contributed by atoms with Gasteiger partial charge in [-0.25, -0.2) is 4.79 Å². The Balaban J connectivity index is 2.89. The molecule has 0 atom stereocenters. The normalized spacial score (nSPS) is 12.7. The third-order valence-corrected chi connectivity index (χ3v) is 2.41. The van der Waals surface area contributed by atoms with Gasteiger partial charge in [-0.15, -0.1) is 0 Å². The zero-order valence-corrected chi connectivity index (χ0v) is 11.6. The molecular weight excluding hydrogens is 275 g/mol. The molecular formula is C12H18F3N3O2. The first-order valence-corrected chi connectivity index (χ1v) is 6.08. The number of H-pyrrole nitrogens is 1. The molecule has 8 heteroatoms. The highest BCUT2D eigenvalue weighted by molar-refractivity contribution is 5.04. The molecule has 1 aromatic heterocycles. The maximum Gasteiger partial charge on any atom is 0.406 e. The lowest BCUT2D eigenvalue weighted by Gasteiger charge is -2.18. The number of alkyl halides is 3. The van der Waals surface area contributed by atoms with Crippen molar-refractivity contribution in [3.63, 3.8) is 0 Å². The number of aromatic amines is 1. The summed E-state index contributed by atoms with van der Waals surface area (Å²) in [4.78, 5) is 24.7. The fourth-order valence-corrected chi connectivity index (χ4v) is 1.56. The van der Waals surface area contributed by atoms with Gasteiger partial charge in [-0.3, -0.25) is 14.3 Å². The van der Waals surface area contributed by atoms with Gasteiger partial charge in [0.2, 0.25) is 0 Å². The van der Waals surface area contributed by atoms with Gasteiger partial charge in [0.1, 0.15) is 6.54 Å². The molecule has 1 heterocycles. The molecule has 0 unspecified atom stereocenters. The van der Waals surface area contributed by atoms with Crippen LogP contribution in [0.1, 0.15) is 26.3 Å². The second-order valence-electron chi connectivity index (χ2n) is 5.82. The summed E-state index contributed by atoms with van der Waals surface area (Å²) >= 11 is 0. The average Bonchev–Trinajstić information content (AvgIpc) is 2.20. The van der Waals surface area contributed by atoms with Crippen LogP contribution in [0.15, 0.2) is 15.8 Å². The summed E-state index contributed by atoms with van der Waals surface area (Å²) in [5, 5.41) is 2.98. The van der Waals surface area contributed by atoms with E-state index in [0.717, 1.165) is 6.20 Å². The first kappa shape index (κ1) is 16.5. The summed E-state index contributed by atoms with van der Waals surface area (Å²) < 4.78 is 37.3. The lowest BCUT2D eigenvalue weighted by molar-refractivity contribution is -0.141. The van der Waals surface area contributed by atoms with Crippen LogP contribution in [0, 0.1) is 5.41 Å². The predicted molar refractivity (Wildman–Crippen MR) is 68.5 cm³/mol. The Kier molecular flexibility index (Phi) is 4.80. The van der Waals surface area contributed by atoms with E-state index in [4.69, 9.17) is 0 Å². The Morgan fingerprint density at radius 1 is 1.25 bits per heavy atom. The second kappa shape index (κ2) is 5.82. The Morgan fingerprint density at radius 2 is 1.85 bits per heavy atom. The molecule has 0 aliphatic carbocycles. The van der Waals surface area contributed by atoms with Crippen molar-refractivity contribution >= 4 is 0 Å². The quantitative estimate of drug-likeness (QED) is 0.877. The van der Waals surface area contributed by atoms with Crippen molar-refractivity contribution in [2.24, 2.45) is 5.41 Å². The number of aromatic nitrogens is 2. The van der Waals surface area contributed by atoms with Crippen LogP contribution in [0.4, 0.5) is 13.2 Å². The fourth-order valence-electron chi connectivity index (χ4n) is 1.56. The number of nitrogens with zero attached hydrogens (tertiary/aromatic N) is 1. The van der Waals surface area contributed by atoms with Crippen LogP contribution in [0.25, 0.3) is 0 Å². The highest BCUT2D eigenvalue weighted by Gasteiger charge is 2.28. The minimum absolute atomic E-state index is 0.0207. The lowest BCUT2D eigenvalue weighted by atomic mass is 9.97. The molecule has 0 aromatic carbocycles. The first-order valence-electron chi connectivity index (χ1n) is 6.08. The molecule has 0 saturated heterocycles. The summed E-state index contributed by atoms with van der Waals surface area (Å²) in [5.74, 6) is 0. The van der Waals surface area contributed by atoms with Crippen LogP contribution in [0.3, 0.4) is 0 Å². The van der Waals surface area contributed by atoms with Crippen LogP contribution < -0.4 is 16.6 Å². The van der Waals surface area contributed by atoms with E-state index in [1.54, 1.807) is 0 Å². The van der Waals surface area contributed by atoms with Crippen molar-refractivity contribution < 1.29 is 13.2 Å². The molecule has 0 aliphatic rings. The minimum atomic E-state index is -4.52. The van der Waals surface area contributed by atoms with Gasteiger partial charge in [0.25, 0.3) is 5.56 Å². The maximum absolute atomic E-state index is 12.3. The molecule has 0 fully saturated rings. The smallest absolute Gasteiger partial charge is 0.312 e. The SMILES string of the molecule is CC(C)(C)CNCc1cn(CC(F)(F)F)c(=O)[nH]c1=O. The second-order valence-corrected chi connectivity index (χ2v) is 5.82. The molecule has 2 N–H and O–H groups in total. The molecule has 5 nitrogen and oxygen atoms in total. The van der Waals surface area contributed by atoms with Crippen molar-refractivity contribution in [2.75, 3.05) is 6.54 Å². The van der Waals surface area contributed by atoms with E-state index in [9.17, 15) is 22.8 Å². The highest BCUT2D eigenvalue weighted by Crippen LogP contribution is 2.16. The Hall–Kier alpha value is -1.57. The first-order chi connectivity index (χ1) is 8.98. The van der Waals surface area contributed by atoms with Gasteiger partial charge in [-0.1, -0.05) is 20.8 Å². The molecule has 1 aromatic rings. The molecule has 20 heavy (non-hydrogen) atoms. The van der Waals surface area contributed by atoms with Crippen LogP contribution in [-0.4, -0.2) is 22.3 Å². The van der Waals surface area contributed by atoms with Crippen molar-refractivity contribution in [1.29, 1.82) is 0 Å². The lowest BCUT2D eigenvalue weighted by Crippen LogP contribution is -2.37. The molecule has 114 valence electrons. The Morgan fingerprint density at radius 3 is 2.35 bits per heavy atom. The predicted octanol–water partition coefficient (Wildman–Crippen LogP) is 1.23. The van der Waals surface area contributed by atoms with E-state index >= 15 is 0 Å². The molecule has 0 amide bonds. The fraction of sp³-hybridized carbons (Fsp3) is 0.667. The standard InChI is InChI=1S/C12H18F3N3O2/c1-11(2,3)6-16-4-8-5-18(7-12(13,14)15)10(20)17-9(8)19/h5,16H,4,6-7H2,1-3H3,(H,17,19,20). The number of nitrogens with one attached hydrogen (secondary N) is 2. The van der Waals surface area contributed by atoms with E-state index in [0.29, 0.717) is 11.1 Å². The maximum atomic E-state index is 12.3. The topological polar surface area (TPSA) is 66.9 Å². The van der Waals surface area contributed by atoms with Crippen molar-refractivity contribution in [1.82, 2.24) is 14.9 Å². The van der Waals surface area contributed by atoms with Crippen LogP contribution in [0.5, 0.6) is 0 Å². The van der Waals surface area contributed by atoms with E-state index in [-0.39, 0.29) is 17.5 Å². The van der Waals surface area contributed by atoms with Crippen LogP contribution in [-0.2, 0) is 13.1 Å². The zero-order chi connectivity index (χ0) is 15.6. The third-order valence-electron chi connectivity index (χ3n) is 2.41. The van der Waals surface area contributed by atoms with Crippen molar-refractivity contribution in [2.45, 2.75) is 40.0 Å². The van der Waals surface area contributed by atoms with Gasteiger partial charge >= 0.3 is 11.9 Å². The summed E-state index contributed by atoms with van der Waals surface area (Å²) in [5.41, 5.74) is -1.66. The molecule has 0 bridgehead atoms. The molecule has 1 rings (SSSR count). The van der Waals surface area contributed by atoms with Gasteiger partial charge in [0.05, 0.1) is 0 Å². The summed E-state index contributed by atoms with van der Waals surface area (Å²) in [6, 6.07) is 0. The largest absolute Gasteiger partial charge is 0.406 e. The zero-order valence-electron chi connectivity index (χ0n) is 11.6. The summed E-state index contributed by atoms with van der Waals surface area (Å²) in [6.07, 6.45) is -3.57. The molecule has 0 aliphatic heterocycles. The van der Waals surface area contributed by atoms with E-state index in [2.05, 4.69) is 5.32 Å². The van der Waals surface area contributed by atoms with Crippen molar-refractivity contribution in [3.05, 3.63) is 32.6 Å². The molecule has 0 spiro atoms. The van der Waals surface area contributed by atoms with Gasteiger partial charge in [0.15, 0.2) is 0 Å². The number of hydrogen-bond donors (Lipinski definition) is 2. The van der Waals surface area contributed by atoms with Crippen LogP contribution in [0.2, 0.25) is 0 Å². The molecule has 0 radical (unpaired) electrons. The van der Waals surface area contributed by atoms with Gasteiger partial charge in [-0.05, 0) is 5.41 Å². The Bertz CT molecular complexity index is 567. The van der Waals surface area contributed by atoms with E-state index < -0.39 is 24.0 Å². The minimum Gasteiger partial charge on any atom is -0.312 e. The van der Waals surface area contributed by atoms with Gasteiger partial charge in [0, 0.05) is 24.8 Å². The van der Waals surface area contributed by atoms with E-state index in [1.807, 2.05) is 25.8 Å². The summed E-state index contributed by atoms with van der Waals surface area (Å²) in [7, 11) is 0. The van der Waals surface area contributed by atoms with E-state index in [1.165, 1.54) is 0 Å². The van der Waals surface area contributed by atoms with Crippen LogP contribution >= 0.6 is 0 Å². The average molecular weight is 293 g/mol.